The molecule has 24 heavy (non-hydrogen) atoms. The molecular weight excluding hydrogens is 316 g/mol. The Morgan fingerprint density at radius 1 is 1.04 bits per heavy atom. The fourth-order valence-corrected chi connectivity index (χ4v) is 3.71. The van der Waals surface area contributed by atoms with Crippen LogP contribution in [0.3, 0.4) is 0 Å². The number of hydrogen-bond acceptors (Lipinski definition) is 3. The van der Waals surface area contributed by atoms with Crippen LogP contribution in [0.25, 0.3) is 0 Å². The molecule has 2 aromatic rings. The minimum atomic E-state index is -0.918. The first-order valence-electron chi connectivity index (χ1n) is 8.63. The second-order valence-corrected chi connectivity index (χ2v) is 7.95. The highest BCUT2D eigenvalue weighted by Crippen LogP contribution is 2.21. The molecule has 0 unspecified atom stereocenters. The third kappa shape index (κ3) is 4.46. The maximum absolute atomic E-state index is 11.5. The smallest absolute Gasteiger partial charge is 0.0498 e. The summed E-state index contributed by atoms with van der Waals surface area (Å²) < 4.78 is 11.5. The Balaban J connectivity index is 1.59. The molecule has 1 fully saturated rings. The van der Waals surface area contributed by atoms with E-state index in [1.165, 1.54) is 37.1 Å². The lowest BCUT2D eigenvalue weighted by atomic mass is 10.1. The molecule has 3 nitrogen and oxygen atoms in total. The molecule has 2 aromatic carbocycles. The van der Waals surface area contributed by atoms with E-state index in [9.17, 15) is 4.21 Å². The van der Waals surface area contributed by atoms with Crippen molar-refractivity contribution in [2.75, 3.05) is 24.7 Å². The van der Waals surface area contributed by atoms with Gasteiger partial charge in [0.1, 0.15) is 0 Å². The Labute approximate surface area is 147 Å². The normalized spacial score (nSPS) is 17.6. The van der Waals surface area contributed by atoms with Crippen LogP contribution in [0.4, 0.5) is 5.69 Å². The molecule has 0 amide bonds. The van der Waals surface area contributed by atoms with Crippen molar-refractivity contribution in [3.8, 4) is 0 Å². The SMILES string of the molecule is C[C@H](Nc1ccc(CN2CCCC2)cc1)c1ccc([S@@](C)=O)cc1. The molecule has 128 valence electrons. The highest BCUT2D eigenvalue weighted by atomic mass is 32.2. The second kappa shape index (κ2) is 7.95. The van der Waals surface area contributed by atoms with Crippen molar-refractivity contribution in [2.45, 2.75) is 37.2 Å². The molecule has 1 aliphatic heterocycles. The Morgan fingerprint density at radius 3 is 2.25 bits per heavy atom. The van der Waals surface area contributed by atoms with E-state index in [1.54, 1.807) is 6.26 Å². The van der Waals surface area contributed by atoms with Crippen LogP contribution < -0.4 is 5.32 Å². The molecule has 0 spiro atoms. The summed E-state index contributed by atoms with van der Waals surface area (Å²) in [4.78, 5) is 3.39. The molecule has 0 aliphatic carbocycles. The number of nitrogens with zero attached hydrogens (tertiary/aromatic N) is 1. The van der Waals surface area contributed by atoms with Gasteiger partial charge < -0.3 is 5.32 Å². The molecule has 0 aromatic heterocycles. The lowest BCUT2D eigenvalue weighted by molar-refractivity contribution is 0.331. The number of likely N-dealkylation sites (tertiary alicyclic amines) is 1. The third-order valence-corrected chi connectivity index (χ3v) is 5.59. The lowest BCUT2D eigenvalue weighted by Crippen LogP contribution is -2.18. The van der Waals surface area contributed by atoms with Crippen LogP contribution in [0.15, 0.2) is 53.4 Å². The largest absolute Gasteiger partial charge is 0.379 e. The summed E-state index contributed by atoms with van der Waals surface area (Å²) in [7, 11) is -0.918. The summed E-state index contributed by atoms with van der Waals surface area (Å²) in [6.07, 6.45) is 4.38. The van der Waals surface area contributed by atoms with Gasteiger partial charge in [-0.1, -0.05) is 24.3 Å². The van der Waals surface area contributed by atoms with Gasteiger partial charge in [0, 0.05) is 40.2 Å². The van der Waals surface area contributed by atoms with Gasteiger partial charge in [0.15, 0.2) is 0 Å². The van der Waals surface area contributed by atoms with Crippen molar-refractivity contribution in [3.63, 3.8) is 0 Å². The molecule has 1 aliphatic rings. The van der Waals surface area contributed by atoms with Crippen LogP contribution in [0.2, 0.25) is 0 Å². The summed E-state index contributed by atoms with van der Waals surface area (Å²) in [5, 5.41) is 3.54. The fraction of sp³-hybridized carbons (Fsp3) is 0.400. The minimum absolute atomic E-state index is 0.216. The zero-order valence-electron chi connectivity index (χ0n) is 14.5. The summed E-state index contributed by atoms with van der Waals surface area (Å²) >= 11 is 0. The topological polar surface area (TPSA) is 32.3 Å². The molecule has 3 rings (SSSR count). The standard InChI is InChI=1S/C20H26N2OS/c1-16(18-7-11-20(12-8-18)24(2)23)21-19-9-5-17(6-10-19)15-22-13-3-4-14-22/h5-12,16,21H,3-4,13-15H2,1-2H3/t16-,24+/m0/s1. The summed E-state index contributed by atoms with van der Waals surface area (Å²) in [6, 6.07) is 17.0. The van der Waals surface area contributed by atoms with Gasteiger partial charge in [-0.05, 0) is 68.2 Å². The van der Waals surface area contributed by atoms with Gasteiger partial charge in [-0.3, -0.25) is 9.11 Å². The number of anilines is 1. The average Bonchev–Trinajstić information content (AvgIpc) is 3.09. The van der Waals surface area contributed by atoms with Gasteiger partial charge in [-0.2, -0.15) is 0 Å². The van der Waals surface area contributed by atoms with Gasteiger partial charge >= 0.3 is 0 Å². The zero-order chi connectivity index (χ0) is 16.9. The van der Waals surface area contributed by atoms with Crippen molar-refractivity contribution < 1.29 is 4.21 Å². The maximum Gasteiger partial charge on any atom is 0.0498 e. The van der Waals surface area contributed by atoms with Gasteiger partial charge in [0.2, 0.25) is 0 Å². The fourth-order valence-electron chi connectivity index (χ4n) is 3.19. The van der Waals surface area contributed by atoms with E-state index < -0.39 is 10.8 Å². The number of nitrogens with one attached hydrogen (secondary N) is 1. The van der Waals surface area contributed by atoms with E-state index in [0.717, 1.165) is 17.1 Å². The van der Waals surface area contributed by atoms with Crippen molar-refractivity contribution in [3.05, 3.63) is 59.7 Å². The van der Waals surface area contributed by atoms with E-state index in [2.05, 4.69) is 53.5 Å². The Kier molecular flexibility index (Phi) is 5.69. The predicted molar refractivity (Wildman–Crippen MR) is 102 cm³/mol. The Morgan fingerprint density at radius 2 is 1.67 bits per heavy atom. The summed E-state index contributed by atoms with van der Waals surface area (Å²) in [5.74, 6) is 0. The van der Waals surface area contributed by atoms with Gasteiger partial charge in [-0.15, -0.1) is 0 Å². The summed E-state index contributed by atoms with van der Waals surface area (Å²) in [5.41, 5.74) is 3.71. The van der Waals surface area contributed by atoms with Crippen LogP contribution in [0.5, 0.6) is 0 Å². The van der Waals surface area contributed by atoms with E-state index in [4.69, 9.17) is 0 Å². The molecule has 0 radical (unpaired) electrons. The highest BCUT2D eigenvalue weighted by Gasteiger charge is 2.12. The third-order valence-electron chi connectivity index (χ3n) is 4.65. The van der Waals surface area contributed by atoms with Gasteiger partial charge in [0.25, 0.3) is 0 Å². The van der Waals surface area contributed by atoms with Crippen molar-refractivity contribution in [1.82, 2.24) is 4.90 Å². The van der Waals surface area contributed by atoms with Crippen LogP contribution in [-0.2, 0) is 17.3 Å². The molecule has 0 bridgehead atoms. The lowest BCUT2D eigenvalue weighted by Gasteiger charge is -2.18. The van der Waals surface area contributed by atoms with Crippen LogP contribution in [0.1, 0.15) is 36.9 Å². The minimum Gasteiger partial charge on any atom is -0.379 e. The van der Waals surface area contributed by atoms with Gasteiger partial charge in [-0.25, -0.2) is 0 Å². The maximum atomic E-state index is 11.5. The number of benzene rings is 2. The summed E-state index contributed by atoms with van der Waals surface area (Å²) in [6.45, 7) is 5.67. The van der Waals surface area contributed by atoms with E-state index in [-0.39, 0.29) is 6.04 Å². The van der Waals surface area contributed by atoms with E-state index in [0.29, 0.717) is 0 Å². The predicted octanol–water partition coefficient (Wildman–Crippen LogP) is 4.19. The van der Waals surface area contributed by atoms with Crippen LogP contribution in [-0.4, -0.2) is 28.5 Å². The molecule has 1 saturated heterocycles. The Hall–Kier alpha value is -1.65. The van der Waals surface area contributed by atoms with Crippen molar-refractivity contribution in [1.29, 1.82) is 0 Å². The Bertz CT molecular complexity index is 676. The molecule has 4 heteroatoms. The zero-order valence-corrected chi connectivity index (χ0v) is 15.3. The number of hydrogen-bond donors (Lipinski definition) is 1. The number of rotatable bonds is 6. The molecule has 0 saturated carbocycles. The first kappa shape index (κ1) is 17.2. The first-order chi connectivity index (χ1) is 11.6. The first-order valence-corrected chi connectivity index (χ1v) is 10.2. The monoisotopic (exact) mass is 342 g/mol. The molecular formula is C20H26N2OS. The van der Waals surface area contributed by atoms with Crippen molar-refractivity contribution >= 4 is 16.5 Å². The van der Waals surface area contributed by atoms with E-state index in [1.807, 2.05) is 12.1 Å². The van der Waals surface area contributed by atoms with Crippen LogP contribution >= 0.6 is 0 Å². The quantitative estimate of drug-likeness (QED) is 0.854. The van der Waals surface area contributed by atoms with Gasteiger partial charge in [0.05, 0.1) is 0 Å². The van der Waals surface area contributed by atoms with Crippen molar-refractivity contribution in [2.24, 2.45) is 0 Å². The van der Waals surface area contributed by atoms with Crippen LogP contribution in [0, 0.1) is 0 Å². The highest BCUT2D eigenvalue weighted by molar-refractivity contribution is 7.84. The van der Waals surface area contributed by atoms with E-state index >= 15 is 0 Å². The molecule has 1 heterocycles. The average molecular weight is 343 g/mol. The molecule has 1 N–H and O–H groups in total. The molecule has 2 atom stereocenters. The second-order valence-electron chi connectivity index (χ2n) is 6.57.